The summed E-state index contributed by atoms with van der Waals surface area (Å²) in [5, 5.41) is 7.14. The van der Waals surface area contributed by atoms with E-state index in [1.54, 1.807) is 0 Å². The molecule has 21 heavy (non-hydrogen) atoms. The summed E-state index contributed by atoms with van der Waals surface area (Å²) in [5.74, 6) is 0. The molecule has 0 fully saturated rings. The van der Waals surface area contributed by atoms with Crippen molar-refractivity contribution in [1.29, 1.82) is 0 Å². The van der Waals surface area contributed by atoms with Crippen LogP contribution in [0.3, 0.4) is 0 Å². The maximum atomic E-state index is 3.68. The molecule has 0 saturated carbocycles. The predicted molar refractivity (Wildman–Crippen MR) is 93.1 cm³/mol. The van der Waals surface area contributed by atoms with Crippen LogP contribution in [-0.2, 0) is 0 Å². The Morgan fingerprint density at radius 3 is 2.76 bits per heavy atom. The van der Waals surface area contributed by atoms with Crippen molar-refractivity contribution in [3.8, 4) is 0 Å². The zero-order valence-electron chi connectivity index (χ0n) is 13.9. The summed E-state index contributed by atoms with van der Waals surface area (Å²) in [6.07, 6.45) is 11.1. The van der Waals surface area contributed by atoms with Crippen LogP contribution < -0.4 is 10.7 Å². The lowest BCUT2D eigenvalue weighted by atomic mass is 10.0. The van der Waals surface area contributed by atoms with E-state index in [0.29, 0.717) is 0 Å². The maximum Gasteiger partial charge on any atom is 0.0539 e. The molecule has 0 atom stereocenters. The molecule has 0 saturated heterocycles. The van der Waals surface area contributed by atoms with Gasteiger partial charge >= 0.3 is 0 Å². The number of hydrazone groups is 1. The first kappa shape index (κ1) is 17.3. The lowest BCUT2D eigenvalue weighted by Gasteiger charge is -2.17. The van der Waals surface area contributed by atoms with E-state index in [0.717, 1.165) is 32.2 Å². The van der Waals surface area contributed by atoms with Gasteiger partial charge in [-0.2, -0.15) is 5.10 Å². The first-order chi connectivity index (χ1) is 10.1. The monoisotopic (exact) mass is 287 g/mol. The normalized spacial score (nSPS) is 16.5. The summed E-state index contributed by atoms with van der Waals surface area (Å²) < 4.78 is 0. The Bertz CT molecular complexity index is 479. The highest BCUT2D eigenvalue weighted by Gasteiger charge is 2.05. The van der Waals surface area contributed by atoms with Crippen molar-refractivity contribution in [3.63, 3.8) is 0 Å². The standard InChI is InChI=1S/C18H29N3/c1-6-17(12-18-9-7-8-16(4)21-18)11-10-14(2)15(3)13-20-19-5/h8-9,11,20-21H,5-7,10,12-13H2,1-4H3/b15-14+,17-11?. The zero-order valence-corrected chi connectivity index (χ0v) is 13.9. The zero-order chi connectivity index (χ0) is 15.7. The minimum atomic E-state index is 0.779. The molecule has 0 bridgehead atoms. The summed E-state index contributed by atoms with van der Waals surface area (Å²) in [5.41, 5.74) is 9.73. The Kier molecular flexibility index (Phi) is 7.59. The van der Waals surface area contributed by atoms with Crippen molar-refractivity contribution in [2.45, 2.75) is 53.4 Å². The van der Waals surface area contributed by atoms with E-state index in [-0.39, 0.29) is 0 Å². The van der Waals surface area contributed by atoms with Crippen LogP contribution in [0.25, 0.3) is 0 Å². The van der Waals surface area contributed by atoms with Crippen molar-refractivity contribution in [3.05, 3.63) is 46.3 Å². The van der Waals surface area contributed by atoms with Crippen LogP contribution in [0.5, 0.6) is 0 Å². The molecular formula is C18H29N3. The van der Waals surface area contributed by atoms with E-state index in [9.17, 15) is 0 Å². The van der Waals surface area contributed by atoms with Gasteiger partial charge in [-0.25, -0.2) is 0 Å². The van der Waals surface area contributed by atoms with E-state index in [1.165, 1.54) is 28.1 Å². The molecule has 1 aliphatic heterocycles. The van der Waals surface area contributed by atoms with Crippen molar-refractivity contribution in [1.82, 2.24) is 10.7 Å². The van der Waals surface area contributed by atoms with Gasteiger partial charge in [0, 0.05) is 24.5 Å². The van der Waals surface area contributed by atoms with Gasteiger partial charge in [0.15, 0.2) is 0 Å². The summed E-state index contributed by atoms with van der Waals surface area (Å²) in [6, 6.07) is 0. The second-order valence-corrected chi connectivity index (χ2v) is 5.63. The smallest absolute Gasteiger partial charge is 0.0539 e. The average Bonchev–Trinajstić information content (AvgIpc) is 2.48. The average molecular weight is 287 g/mol. The molecule has 0 aromatic rings. The van der Waals surface area contributed by atoms with Gasteiger partial charge in [-0.3, -0.25) is 0 Å². The molecule has 2 N–H and O–H groups in total. The molecule has 116 valence electrons. The van der Waals surface area contributed by atoms with E-state index in [4.69, 9.17) is 0 Å². The molecule has 0 unspecified atom stereocenters. The number of hydrogen-bond donors (Lipinski definition) is 2. The minimum absolute atomic E-state index is 0.779. The lowest BCUT2D eigenvalue weighted by Crippen LogP contribution is -2.14. The fourth-order valence-electron chi connectivity index (χ4n) is 2.23. The molecule has 3 heteroatoms. The largest absolute Gasteiger partial charge is 0.363 e. The molecule has 0 amide bonds. The van der Waals surface area contributed by atoms with Crippen LogP contribution in [0.4, 0.5) is 0 Å². The molecule has 3 nitrogen and oxygen atoms in total. The van der Waals surface area contributed by atoms with E-state index in [1.807, 2.05) is 0 Å². The first-order valence-corrected chi connectivity index (χ1v) is 7.71. The Balaban J connectivity index is 2.59. The molecular weight excluding hydrogens is 258 g/mol. The Labute approximate surface area is 129 Å². The molecule has 0 aromatic carbocycles. The summed E-state index contributed by atoms with van der Waals surface area (Å²) >= 11 is 0. The second-order valence-electron chi connectivity index (χ2n) is 5.63. The third-order valence-electron chi connectivity index (χ3n) is 3.90. The number of allylic oxidation sites excluding steroid dienone is 6. The fourth-order valence-corrected chi connectivity index (χ4v) is 2.23. The van der Waals surface area contributed by atoms with Gasteiger partial charge in [0.25, 0.3) is 0 Å². The molecule has 0 aromatic heterocycles. The van der Waals surface area contributed by atoms with Crippen molar-refractivity contribution in [2.75, 3.05) is 6.54 Å². The van der Waals surface area contributed by atoms with E-state index < -0.39 is 0 Å². The topological polar surface area (TPSA) is 36.4 Å². The molecule has 1 heterocycles. The molecule has 0 aliphatic carbocycles. The molecule has 1 aliphatic rings. The van der Waals surface area contributed by atoms with Crippen LogP contribution in [0.2, 0.25) is 0 Å². The fraction of sp³-hybridized carbons (Fsp3) is 0.500. The summed E-state index contributed by atoms with van der Waals surface area (Å²) in [6.45, 7) is 12.9. The third-order valence-corrected chi connectivity index (χ3v) is 3.90. The SMILES string of the molecule is C=NNC/C(C)=C(\C)CC=C(CC)CC1=CCC=C(C)N1. The maximum absolute atomic E-state index is 3.68. The van der Waals surface area contributed by atoms with Crippen LogP contribution in [0, 0.1) is 0 Å². The Hall–Kier alpha value is -1.77. The summed E-state index contributed by atoms with van der Waals surface area (Å²) in [7, 11) is 0. The van der Waals surface area contributed by atoms with E-state index >= 15 is 0 Å². The van der Waals surface area contributed by atoms with Crippen LogP contribution in [0.1, 0.15) is 53.4 Å². The first-order valence-electron chi connectivity index (χ1n) is 7.71. The van der Waals surface area contributed by atoms with Gasteiger partial charge in [0.2, 0.25) is 0 Å². The van der Waals surface area contributed by atoms with Crippen molar-refractivity contribution < 1.29 is 0 Å². The molecule has 1 rings (SSSR count). The van der Waals surface area contributed by atoms with Gasteiger partial charge in [-0.1, -0.05) is 41.9 Å². The lowest BCUT2D eigenvalue weighted by molar-refractivity contribution is 0.794. The number of hydrogen-bond acceptors (Lipinski definition) is 3. The Morgan fingerprint density at radius 2 is 2.14 bits per heavy atom. The van der Waals surface area contributed by atoms with Crippen LogP contribution >= 0.6 is 0 Å². The second kappa shape index (κ2) is 9.22. The highest BCUT2D eigenvalue weighted by atomic mass is 15.3. The number of dihydropyridines is 1. The van der Waals surface area contributed by atoms with Gasteiger partial charge in [-0.15, -0.1) is 0 Å². The molecule has 0 radical (unpaired) electrons. The van der Waals surface area contributed by atoms with Gasteiger partial charge in [0.1, 0.15) is 0 Å². The van der Waals surface area contributed by atoms with Gasteiger partial charge in [0.05, 0.1) is 6.54 Å². The van der Waals surface area contributed by atoms with Crippen molar-refractivity contribution >= 4 is 6.72 Å². The van der Waals surface area contributed by atoms with Gasteiger partial charge in [-0.05, 0) is 40.0 Å². The number of nitrogens with one attached hydrogen (secondary N) is 2. The summed E-state index contributed by atoms with van der Waals surface area (Å²) in [4.78, 5) is 0. The minimum Gasteiger partial charge on any atom is -0.363 e. The number of nitrogens with zero attached hydrogens (tertiary/aromatic N) is 1. The third kappa shape index (κ3) is 6.48. The highest BCUT2D eigenvalue weighted by Crippen LogP contribution is 2.19. The van der Waals surface area contributed by atoms with Crippen LogP contribution in [0.15, 0.2) is 51.4 Å². The van der Waals surface area contributed by atoms with Gasteiger partial charge < -0.3 is 10.7 Å². The van der Waals surface area contributed by atoms with Crippen LogP contribution in [-0.4, -0.2) is 13.3 Å². The highest BCUT2D eigenvalue weighted by molar-refractivity contribution is 5.25. The van der Waals surface area contributed by atoms with E-state index in [2.05, 4.69) is 68.5 Å². The van der Waals surface area contributed by atoms with Crippen molar-refractivity contribution in [2.24, 2.45) is 5.10 Å². The number of rotatable bonds is 8. The quantitative estimate of drug-likeness (QED) is 0.394. The predicted octanol–water partition coefficient (Wildman–Crippen LogP) is 4.43. The molecule has 0 spiro atoms. The Morgan fingerprint density at radius 1 is 1.38 bits per heavy atom.